The number of rotatable bonds is 1. The van der Waals surface area contributed by atoms with Crippen molar-refractivity contribution in [3.05, 3.63) is 46.9 Å². The number of pyridine rings is 1. The molecule has 1 aliphatic carbocycles. The van der Waals surface area contributed by atoms with Crippen molar-refractivity contribution in [2.75, 3.05) is 5.32 Å². The number of aromatic nitrogens is 2. The highest BCUT2D eigenvalue weighted by Gasteiger charge is 2.49. The Balaban J connectivity index is 1.81. The highest BCUT2D eigenvalue weighted by molar-refractivity contribution is 6.05. The number of aromatic amines is 1. The maximum atomic E-state index is 12.5. The minimum Gasteiger partial charge on any atom is -0.477 e. The number of carboxylic acid groups (broad SMARTS) is 1. The molecular formula is C15H13N3O3. The van der Waals surface area contributed by atoms with Crippen molar-refractivity contribution in [2.45, 2.75) is 24.7 Å². The molecule has 0 radical (unpaired) electrons. The van der Waals surface area contributed by atoms with Crippen LogP contribution in [-0.4, -0.2) is 27.0 Å². The fraction of sp³-hybridized carbons (Fsp3) is 0.267. The van der Waals surface area contributed by atoms with Crippen LogP contribution in [0.15, 0.2) is 24.4 Å². The van der Waals surface area contributed by atoms with Crippen LogP contribution in [0.1, 0.15) is 33.7 Å². The number of anilines is 1. The summed E-state index contributed by atoms with van der Waals surface area (Å²) in [7, 11) is 0. The predicted molar refractivity (Wildman–Crippen MR) is 74.3 cm³/mol. The Morgan fingerprint density at radius 3 is 3.10 bits per heavy atom. The second-order valence-corrected chi connectivity index (χ2v) is 5.60. The number of hydrogen-bond donors (Lipinski definition) is 3. The Morgan fingerprint density at radius 1 is 1.43 bits per heavy atom. The number of hydrogen-bond acceptors (Lipinski definition) is 3. The van der Waals surface area contributed by atoms with Gasteiger partial charge in [0.1, 0.15) is 11.5 Å². The number of carbonyl (C=O) groups is 2. The molecule has 6 heteroatoms. The number of carbonyl (C=O) groups excluding carboxylic acids is 1. The van der Waals surface area contributed by atoms with E-state index in [0.29, 0.717) is 25.1 Å². The van der Waals surface area contributed by atoms with Crippen molar-refractivity contribution < 1.29 is 14.7 Å². The maximum Gasteiger partial charge on any atom is 0.352 e. The van der Waals surface area contributed by atoms with Gasteiger partial charge < -0.3 is 15.4 Å². The number of aromatic carboxylic acids is 1. The van der Waals surface area contributed by atoms with Gasteiger partial charge >= 0.3 is 5.97 Å². The van der Waals surface area contributed by atoms with Crippen LogP contribution in [0.25, 0.3) is 0 Å². The Bertz CT molecular complexity index is 780. The van der Waals surface area contributed by atoms with Crippen molar-refractivity contribution in [3.63, 3.8) is 0 Å². The van der Waals surface area contributed by atoms with E-state index in [0.717, 1.165) is 16.8 Å². The second kappa shape index (κ2) is 3.94. The van der Waals surface area contributed by atoms with E-state index >= 15 is 0 Å². The Hall–Kier alpha value is -2.63. The number of carboxylic acids is 1. The van der Waals surface area contributed by atoms with E-state index in [9.17, 15) is 9.59 Å². The van der Waals surface area contributed by atoms with Crippen LogP contribution in [-0.2, 0) is 23.1 Å². The molecule has 21 heavy (non-hydrogen) atoms. The predicted octanol–water partition coefficient (Wildman–Crippen LogP) is 1.49. The van der Waals surface area contributed by atoms with Crippen molar-refractivity contribution in [1.29, 1.82) is 0 Å². The van der Waals surface area contributed by atoms with Crippen molar-refractivity contribution >= 4 is 17.7 Å². The van der Waals surface area contributed by atoms with E-state index in [1.165, 1.54) is 0 Å². The first kappa shape index (κ1) is 12.1. The summed E-state index contributed by atoms with van der Waals surface area (Å²) in [6.45, 7) is 0. The second-order valence-electron chi connectivity index (χ2n) is 5.60. The van der Waals surface area contributed by atoms with E-state index in [1.54, 1.807) is 12.3 Å². The molecule has 3 N–H and O–H groups in total. The van der Waals surface area contributed by atoms with Crippen LogP contribution in [0.3, 0.4) is 0 Å². The standard InChI is InChI=1S/C15H13N3O3/c19-13(20)11-6-8-7-15(4-3-10(8)17-11)9-2-1-5-16-12(9)18-14(15)21/h1-2,5-6,17H,3-4,7H2,(H,19,20)(H,16,18,21)/t15-/m1/s1. The molecule has 0 fully saturated rings. The highest BCUT2D eigenvalue weighted by Crippen LogP contribution is 2.45. The van der Waals surface area contributed by atoms with Gasteiger partial charge in [0.25, 0.3) is 0 Å². The lowest BCUT2D eigenvalue weighted by Gasteiger charge is -2.31. The van der Waals surface area contributed by atoms with Gasteiger partial charge in [-0.15, -0.1) is 0 Å². The molecule has 0 bridgehead atoms. The summed E-state index contributed by atoms with van der Waals surface area (Å²) in [4.78, 5) is 30.7. The molecule has 1 spiro atoms. The zero-order valence-electron chi connectivity index (χ0n) is 11.1. The topological polar surface area (TPSA) is 95.1 Å². The number of nitrogens with zero attached hydrogens (tertiary/aromatic N) is 1. The monoisotopic (exact) mass is 283 g/mol. The number of H-pyrrole nitrogens is 1. The lowest BCUT2D eigenvalue weighted by molar-refractivity contribution is -0.121. The fourth-order valence-corrected chi connectivity index (χ4v) is 3.45. The van der Waals surface area contributed by atoms with E-state index in [2.05, 4.69) is 15.3 Å². The molecule has 0 saturated carbocycles. The molecule has 1 amide bonds. The molecule has 1 atom stereocenters. The fourth-order valence-electron chi connectivity index (χ4n) is 3.45. The molecule has 0 unspecified atom stereocenters. The molecule has 4 rings (SSSR count). The lowest BCUT2D eigenvalue weighted by Crippen LogP contribution is -2.39. The normalized spacial score (nSPS) is 22.8. The number of aryl methyl sites for hydroxylation is 1. The van der Waals surface area contributed by atoms with E-state index in [4.69, 9.17) is 5.11 Å². The van der Waals surface area contributed by atoms with Gasteiger partial charge in [-0.2, -0.15) is 0 Å². The third-order valence-corrected chi connectivity index (χ3v) is 4.51. The smallest absolute Gasteiger partial charge is 0.352 e. The largest absolute Gasteiger partial charge is 0.477 e. The Morgan fingerprint density at radius 2 is 2.29 bits per heavy atom. The van der Waals surface area contributed by atoms with E-state index in [-0.39, 0.29) is 11.6 Å². The third-order valence-electron chi connectivity index (χ3n) is 4.51. The summed E-state index contributed by atoms with van der Waals surface area (Å²) in [5.41, 5.74) is 2.31. The summed E-state index contributed by atoms with van der Waals surface area (Å²) < 4.78 is 0. The molecule has 0 saturated heterocycles. The minimum absolute atomic E-state index is 0.0417. The van der Waals surface area contributed by atoms with Crippen LogP contribution in [0.4, 0.5) is 5.82 Å². The van der Waals surface area contributed by atoms with Crippen LogP contribution in [0, 0.1) is 0 Å². The third kappa shape index (κ3) is 1.55. The summed E-state index contributed by atoms with van der Waals surface area (Å²) in [6.07, 6.45) is 3.48. The minimum atomic E-state index is -0.976. The number of fused-ring (bicyclic) bond motifs is 3. The van der Waals surface area contributed by atoms with Gasteiger partial charge in [-0.05, 0) is 37.0 Å². The van der Waals surface area contributed by atoms with Crippen LogP contribution >= 0.6 is 0 Å². The molecule has 106 valence electrons. The molecule has 0 aromatic carbocycles. The molecule has 2 aromatic heterocycles. The van der Waals surface area contributed by atoms with Crippen molar-refractivity contribution in [1.82, 2.24) is 9.97 Å². The maximum absolute atomic E-state index is 12.5. The summed E-state index contributed by atoms with van der Waals surface area (Å²) >= 11 is 0. The summed E-state index contributed by atoms with van der Waals surface area (Å²) in [5, 5.41) is 11.9. The molecule has 1 aliphatic heterocycles. The molecule has 2 aliphatic rings. The first-order valence-electron chi connectivity index (χ1n) is 6.81. The van der Waals surface area contributed by atoms with Gasteiger partial charge in [-0.25, -0.2) is 9.78 Å². The molecule has 3 heterocycles. The van der Waals surface area contributed by atoms with Gasteiger partial charge in [0, 0.05) is 17.5 Å². The van der Waals surface area contributed by atoms with Crippen molar-refractivity contribution in [2.24, 2.45) is 0 Å². The number of nitrogens with one attached hydrogen (secondary N) is 2. The van der Waals surface area contributed by atoms with Crippen LogP contribution < -0.4 is 5.32 Å². The zero-order chi connectivity index (χ0) is 14.6. The quantitative estimate of drug-likeness (QED) is 0.739. The van der Waals surface area contributed by atoms with Gasteiger partial charge in [-0.3, -0.25) is 4.79 Å². The lowest BCUT2D eigenvalue weighted by atomic mass is 9.70. The van der Waals surface area contributed by atoms with E-state index < -0.39 is 11.4 Å². The summed E-state index contributed by atoms with van der Waals surface area (Å²) in [6, 6.07) is 5.40. The van der Waals surface area contributed by atoms with Crippen LogP contribution in [0.5, 0.6) is 0 Å². The Labute approximate surface area is 120 Å². The van der Waals surface area contributed by atoms with Crippen LogP contribution in [0.2, 0.25) is 0 Å². The Kier molecular flexibility index (Phi) is 2.28. The zero-order valence-corrected chi connectivity index (χ0v) is 11.1. The molecular weight excluding hydrogens is 270 g/mol. The molecule has 6 nitrogen and oxygen atoms in total. The summed E-state index contributed by atoms with van der Waals surface area (Å²) in [5.74, 6) is -0.392. The first-order valence-corrected chi connectivity index (χ1v) is 6.81. The van der Waals surface area contributed by atoms with Gasteiger partial charge in [0.05, 0.1) is 5.41 Å². The van der Waals surface area contributed by atoms with Crippen molar-refractivity contribution in [3.8, 4) is 0 Å². The average Bonchev–Trinajstić information content (AvgIpc) is 3.00. The number of amides is 1. The average molecular weight is 283 g/mol. The SMILES string of the molecule is O=C(O)c1cc2c([nH]1)CC[C@]1(C2)C(=O)Nc2ncccc21. The van der Waals surface area contributed by atoms with Gasteiger partial charge in [0.2, 0.25) is 5.91 Å². The molecule has 2 aromatic rings. The first-order chi connectivity index (χ1) is 10.1. The van der Waals surface area contributed by atoms with Gasteiger partial charge in [0.15, 0.2) is 0 Å². The van der Waals surface area contributed by atoms with E-state index in [1.807, 2.05) is 12.1 Å². The highest BCUT2D eigenvalue weighted by atomic mass is 16.4. The van der Waals surface area contributed by atoms with Gasteiger partial charge in [-0.1, -0.05) is 6.07 Å².